The zero-order valence-corrected chi connectivity index (χ0v) is 6.84. The van der Waals surface area contributed by atoms with Gasteiger partial charge in [0.25, 0.3) is 0 Å². The van der Waals surface area contributed by atoms with Gasteiger partial charge in [-0.1, -0.05) is 0 Å². The van der Waals surface area contributed by atoms with E-state index in [2.05, 4.69) is 0 Å². The highest BCUT2D eigenvalue weighted by Gasteiger charge is 2.05. The molecular formula is C7H6NO3S. The van der Waals surface area contributed by atoms with Crippen molar-refractivity contribution in [2.24, 2.45) is 5.14 Å². The Morgan fingerprint density at radius 3 is 2.00 bits per heavy atom. The molecular weight excluding hydrogens is 178 g/mol. The van der Waals surface area contributed by atoms with Crippen LogP contribution in [0.25, 0.3) is 0 Å². The number of carbonyl (C=O) groups excluding carboxylic acids is 1. The summed E-state index contributed by atoms with van der Waals surface area (Å²) in [5.41, 5.74) is 0.294. The lowest BCUT2D eigenvalue weighted by Gasteiger charge is -1.95. The zero-order chi connectivity index (χ0) is 9.19. The van der Waals surface area contributed by atoms with E-state index in [4.69, 9.17) is 5.14 Å². The predicted molar refractivity (Wildman–Crippen MR) is 42.6 cm³/mol. The number of nitrogens with two attached hydrogens (primary N) is 1. The zero-order valence-electron chi connectivity index (χ0n) is 6.02. The van der Waals surface area contributed by atoms with Gasteiger partial charge in [-0.15, -0.1) is 0 Å². The van der Waals surface area contributed by atoms with Crippen molar-refractivity contribution in [3.8, 4) is 0 Å². The fraction of sp³-hybridized carbons (Fsp3) is 0. The molecule has 0 amide bonds. The molecule has 2 N–H and O–H groups in total. The van der Waals surface area contributed by atoms with Crippen LogP contribution in [0.5, 0.6) is 0 Å². The second-order valence-electron chi connectivity index (χ2n) is 2.17. The van der Waals surface area contributed by atoms with Gasteiger partial charge in [0.15, 0.2) is 0 Å². The van der Waals surface area contributed by atoms with Gasteiger partial charge in [-0.3, -0.25) is 4.79 Å². The van der Waals surface area contributed by atoms with Crippen LogP contribution in [0.2, 0.25) is 0 Å². The summed E-state index contributed by atoms with van der Waals surface area (Å²) in [5.74, 6) is 0. The van der Waals surface area contributed by atoms with Gasteiger partial charge in [0, 0.05) is 5.56 Å². The summed E-state index contributed by atoms with van der Waals surface area (Å²) in [4.78, 5) is 10.0. The Morgan fingerprint density at radius 2 is 1.67 bits per heavy atom. The molecule has 0 bridgehead atoms. The second kappa shape index (κ2) is 3.04. The summed E-state index contributed by atoms with van der Waals surface area (Å²) in [6, 6.07) is 5.20. The third-order valence-corrected chi connectivity index (χ3v) is 2.23. The molecule has 0 heterocycles. The van der Waals surface area contributed by atoms with Crippen LogP contribution in [0, 0.1) is 0 Å². The highest BCUT2D eigenvalue weighted by Crippen LogP contribution is 2.06. The van der Waals surface area contributed by atoms with Gasteiger partial charge < -0.3 is 0 Å². The number of hydrogen-bond acceptors (Lipinski definition) is 3. The fourth-order valence-electron chi connectivity index (χ4n) is 0.713. The van der Waals surface area contributed by atoms with E-state index in [1.807, 2.05) is 0 Å². The van der Waals surface area contributed by atoms with E-state index in [0.717, 1.165) is 0 Å². The molecule has 4 nitrogen and oxygen atoms in total. The van der Waals surface area contributed by atoms with Crippen LogP contribution in [0.4, 0.5) is 0 Å². The summed E-state index contributed by atoms with van der Waals surface area (Å²) >= 11 is 0. The summed E-state index contributed by atoms with van der Waals surface area (Å²) in [7, 11) is -3.66. The Bertz CT molecular complexity index is 380. The molecule has 0 aliphatic carbocycles. The third-order valence-electron chi connectivity index (χ3n) is 1.30. The average molecular weight is 184 g/mol. The molecule has 0 aliphatic rings. The molecule has 1 radical (unpaired) electrons. The topological polar surface area (TPSA) is 77.2 Å². The monoisotopic (exact) mass is 184 g/mol. The molecule has 1 rings (SSSR count). The molecule has 0 aromatic heterocycles. The maximum absolute atomic E-state index is 10.7. The van der Waals surface area contributed by atoms with Gasteiger partial charge in [-0.05, 0) is 24.3 Å². The molecule has 5 heteroatoms. The molecule has 0 aliphatic heterocycles. The lowest BCUT2D eigenvalue weighted by atomic mass is 10.2. The van der Waals surface area contributed by atoms with Gasteiger partial charge in [0.1, 0.15) is 0 Å². The molecule has 0 atom stereocenters. The second-order valence-corrected chi connectivity index (χ2v) is 3.73. The number of rotatable bonds is 2. The van der Waals surface area contributed by atoms with E-state index in [0.29, 0.717) is 5.56 Å². The van der Waals surface area contributed by atoms with Crippen LogP contribution in [0.15, 0.2) is 29.2 Å². The predicted octanol–water partition coefficient (Wildman–Crippen LogP) is -0.208. The van der Waals surface area contributed by atoms with E-state index in [-0.39, 0.29) is 4.90 Å². The Hall–Kier alpha value is -1.20. The maximum atomic E-state index is 10.7. The van der Waals surface area contributed by atoms with Crippen molar-refractivity contribution in [1.29, 1.82) is 0 Å². The summed E-state index contributed by atoms with van der Waals surface area (Å²) in [6.07, 6.45) is 1.62. The van der Waals surface area contributed by atoms with Gasteiger partial charge in [0.2, 0.25) is 16.3 Å². The SMILES string of the molecule is NS(=O)(=O)c1ccc([C]=O)cc1. The van der Waals surface area contributed by atoms with E-state index in [9.17, 15) is 13.2 Å². The molecule has 63 valence electrons. The van der Waals surface area contributed by atoms with E-state index in [1.54, 1.807) is 6.29 Å². The Balaban J connectivity index is 3.17. The normalized spacial score (nSPS) is 11.1. The van der Waals surface area contributed by atoms with Crippen LogP contribution in [-0.4, -0.2) is 14.7 Å². The Labute approximate surface area is 70.1 Å². The van der Waals surface area contributed by atoms with Gasteiger partial charge in [-0.25, -0.2) is 13.6 Å². The Morgan fingerprint density at radius 1 is 1.17 bits per heavy atom. The molecule has 0 spiro atoms. The summed E-state index contributed by atoms with van der Waals surface area (Å²) in [6.45, 7) is 0. The van der Waals surface area contributed by atoms with Crippen molar-refractivity contribution in [2.45, 2.75) is 4.90 Å². The largest absolute Gasteiger partial charge is 0.285 e. The third kappa shape index (κ3) is 1.90. The van der Waals surface area contributed by atoms with E-state index >= 15 is 0 Å². The van der Waals surface area contributed by atoms with E-state index in [1.165, 1.54) is 24.3 Å². The average Bonchev–Trinajstić information content (AvgIpc) is 2.03. The molecule has 0 saturated carbocycles. The van der Waals surface area contributed by atoms with Crippen molar-refractivity contribution in [3.63, 3.8) is 0 Å². The van der Waals surface area contributed by atoms with Crippen molar-refractivity contribution >= 4 is 16.3 Å². The van der Waals surface area contributed by atoms with Gasteiger partial charge in [-0.2, -0.15) is 0 Å². The first-order chi connectivity index (χ1) is 5.54. The van der Waals surface area contributed by atoms with Crippen molar-refractivity contribution in [3.05, 3.63) is 29.8 Å². The summed E-state index contributed by atoms with van der Waals surface area (Å²) < 4.78 is 21.4. The smallest absolute Gasteiger partial charge is 0.238 e. The number of primary sulfonamides is 1. The minimum absolute atomic E-state index is 0.0125. The number of hydrogen-bond donors (Lipinski definition) is 1. The highest BCUT2D eigenvalue weighted by atomic mass is 32.2. The van der Waals surface area contributed by atoms with Crippen LogP contribution in [-0.2, 0) is 14.8 Å². The van der Waals surface area contributed by atoms with Crippen molar-refractivity contribution in [2.75, 3.05) is 0 Å². The van der Waals surface area contributed by atoms with Gasteiger partial charge in [0.05, 0.1) is 4.90 Å². The van der Waals surface area contributed by atoms with Crippen LogP contribution >= 0.6 is 0 Å². The number of sulfonamides is 1. The van der Waals surface area contributed by atoms with E-state index < -0.39 is 10.0 Å². The first-order valence-electron chi connectivity index (χ1n) is 3.05. The molecule has 1 aromatic rings. The molecule has 0 unspecified atom stereocenters. The minimum Gasteiger partial charge on any atom is -0.285 e. The quantitative estimate of drug-likeness (QED) is 0.691. The van der Waals surface area contributed by atoms with Crippen LogP contribution in [0.3, 0.4) is 0 Å². The lowest BCUT2D eigenvalue weighted by molar-refractivity contribution is 0.562. The first kappa shape index (κ1) is 8.89. The standard InChI is InChI=1S/C7H6NO3S/c8-12(10,11)7-3-1-6(5-9)2-4-7/h1-4H,(H2,8,10,11). The molecule has 12 heavy (non-hydrogen) atoms. The fourth-order valence-corrected chi connectivity index (χ4v) is 1.23. The minimum atomic E-state index is -3.66. The molecule has 0 saturated heterocycles. The molecule has 1 aromatic carbocycles. The first-order valence-corrected chi connectivity index (χ1v) is 4.59. The Kier molecular flexibility index (Phi) is 2.25. The van der Waals surface area contributed by atoms with Gasteiger partial charge >= 0.3 is 0 Å². The maximum Gasteiger partial charge on any atom is 0.238 e. The van der Waals surface area contributed by atoms with Crippen molar-refractivity contribution in [1.82, 2.24) is 0 Å². The number of benzene rings is 1. The van der Waals surface area contributed by atoms with Crippen LogP contribution in [0.1, 0.15) is 5.56 Å². The lowest BCUT2D eigenvalue weighted by Crippen LogP contribution is -2.11. The highest BCUT2D eigenvalue weighted by molar-refractivity contribution is 7.89. The molecule has 0 fully saturated rings. The summed E-state index contributed by atoms with van der Waals surface area (Å²) in [5, 5.41) is 4.82. The van der Waals surface area contributed by atoms with Crippen molar-refractivity contribution < 1.29 is 13.2 Å². The van der Waals surface area contributed by atoms with Crippen LogP contribution < -0.4 is 5.14 Å².